The molecule has 0 aliphatic carbocycles. The Labute approximate surface area is 112 Å². The summed E-state index contributed by atoms with van der Waals surface area (Å²) in [7, 11) is 1.67. The quantitative estimate of drug-likeness (QED) is 0.793. The van der Waals surface area contributed by atoms with E-state index in [0.29, 0.717) is 0 Å². The number of hydrogen-bond acceptors (Lipinski definition) is 2. The minimum atomic E-state index is 0.850. The molecule has 1 nitrogen and oxygen atoms in total. The summed E-state index contributed by atoms with van der Waals surface area (Å²) in [4.78, 5) is 0. The number of rotatable bonds is 3. The van der Waals surface area contributed by atoms with E-state index in [-0.39, 0.29) is 0 Å². The third kappa shape index (κ3) is 2.78. The van der Waals surface area contributed by atoms with Gasteiger partial charge < -0.3 is 4.74 Å². The van der Waals surface area contributed by atoms with Crippen LogP contribution < -0.4 is 4.74 Å². The van der Waals surface area contributed by atoms with Gasteiger partial charge in [-0.15, -0.1) is 11.3 Å². The Morgan fingerprint density at radius 1 is 1.31 bits per heavy atom. The van der Waals surface area contributed by atoms with Crippen molar-refractivity contribution in [3.05, 3.63) is 49.6 Å². The first-order chi connectivity index (χ1) is 7.69. The lowest BCUT2D eigenvalue weighted by Gasteiger charge is -2.02. The summed E-state index contributed by atoms with van der Waals surface area (Å²) < 4.78 is 7.04. The fraction of sp³-hybridized carbons (Fsp3) is 0.167. The largest absolute Gasteiger partial charge is 0.497 e. The first-order valence-corrected chi connectivity index (χ1v) is 6.74. The van der Waals surface area contributed by atoms with Gasteiger partial charge in [0.1, 0.15) is 5.75 Å². The van der Waals surface area contributed by atoms with Crippen LogP contribution in [-0.2, 0) is 6.42 Å². The van der Waals surface area contributed by atoms with Gasteiger partial charge in [0.15, 0.2) is 0 Å². The number of methoxy groups -OCH3 is 1. The highest BCUT2D eigenvalue weighted by molar-refractivity contribution is 9.11. The summed E-state index contributed by atoms with van der Waals surface area (Å²) in [5.74, 6) is 0.876. The van der Waals surface area contributed by atoms with E-state index in [0.717, 1.165) is 25.9 Å². The summed E-state index contributed by atoms with van der Waals surface area (Å²) in [5.41, 5.74) is 2.39. The van der Waals surface area contributed by atoms with Gasteiger partial charge in [-0.1, -0.05) is 23.7 Å². The molecule has 0 spiro atoms. The molecule has 1 aromatic carbocycles. The maximum atomic E-state index is 6.12. The highest BCUT2D eigenvalue weighted by Gasteiger charge is 2.06. The van der Waals surface area contributed by atoms with Crippen molar-refractivity contribution >= 4 is 38.9 Å². The summed E-state index contributed by atoms with van der Waals surface area (Å²) in [6.07, 6.45) is 0.852. The van der Waals surface area contributed by atoms with Crippen LogP contribution in [0.1, 0.15) is 11.1 Å². The Bertz CT molecular complexity index is 478. The molecular formula is C12H10BrClOS. The van der Waals surface area contributed by atoms with Gasteiger partial charge in [-0.3, -0.25) is 0 Å². The molecule has 0 atom stereocenters. The fourth-order valence-corrected chi connectivity index (χ4v) is 3.50. The summed E-state index contributed by atoms with van der Waals surface area (Å²) in [5, 5.41) is 0. The van der Waals surface area contributed by atoms with Crippen molar-refractivity contribution in [1.82, 2.24) is 0 Å². The standard InChI is InChI=1S/C12H10BrClOS/c1-15-10-4-2-8(3-5-10)6-9-7-11(13)16-12(9)14/h2-5,7H,6H2,1H3. The second-order valence-corrected chi connectivity index (χ2v) is 6.41. The molecule has 0 unspecified atom stereocenters. The molecule has 2 rings (SSSR count). The molecule has 1 heterocycles. The molecule has 0 radical (unpaired) electrons. The third-order valence-corrected chi connectivity index (χ3v) is 4.22. The van der Waals surface area contributed by atoms with Gasteiger partial charge in [0, 0.05) is 0 Å². The Morgan fingerprint density at radius 3 is 2.50 bits per heavy atom. The van der Waals surface area contributed by atoms with E-state index < -0.39 is 0 Å². The second kappa shape index (κ2) is 5.21. The van der Waals surface area contributed by atoms with Crippen molar-refractivity contribution < 1.29 is 4.74 Å². The van der Waals surface area contributed by atoms with E-state index in [1.54, 1.807) is 18.4 Å². The lowest BCUT2D eigenvalue weighted by atomic mass is 10.1. The van der Waals surface area contributed by atoms with E-state index in [4.69, 9.17) is 16.3 Å². The summed E-state index contributed by atoms with van der Waals surface area (Å²) in [6.45, 7) is 0. The molecular weight excluding hydrogens is 308 g/mol. The number of hydrogen-bond donors (Lipinski definition) is 0. The van der Waals surface area contributed by atoms with Crippen molar-refractivity contribution in [2.24, 2.45) is 0 Å². The normalized spacial score (nSPS) is 10.4. The van der Waals surface area contributed by atoms with E-state index in [1.165, 1.54) is 5.56 Å². The molecule has 1 aromatic heterocycles. The zero-order valence-corrected chi connectivity index (χ0v) is 11.8. The van der Waals surface area contributed by atoms with Crippen molar-refractivity contribution in [1.29, 1.82) is 0 Å². The molecule has 0 saturated heterocycles. The van der Waals surface area contributed by atoms with Gasteiger partial charge in [0.25, 0.3) is 0 Å². The van der Waals surface area contributed by atoms with Gasteiger partial charge in [-0.25, -0.2) is 0 Å². The maximum absolute atomic E-state index is 6.12. The molecule has 2 aromatic rings. The molecule has 0 aliphatic heterocycles. The molecule has 0 saturated carbocycles. The molecule has 0 fully saturated rings. The Morgan fingerprint density at radius 2 is 2.00 bits per heavy atom. The van der Waals surface area contributed by atoms with Gasteiger partial charge in [-0.2, -0.15) is 0 Å². The predicted octanol–water partition coefficient (Wildman–Crippen LogP) is 4.76. The van der Waals surface area contributed by atoms with E-state index in [9.17, 15) is 0 Å². The number of ether oxygens (including phenoxy) is 1. The average Bonchev–Trinajstić information content (AvgIpc) is 2.59. The van der Waals surface area contributed by atoms with Gasteiger partial charge in [0.2, 0.25) is 0 Å². The van der Waals surface area contributed by atoms with Crippen LogP contribution in [0, 0.1) is 0 Å². The van der Waals surface area contributed by atoms with E-state index >= 15 is 0 Å². The Hall–Kier alpha value is -0.510. The van der Waals surface area contributed by atoms with Crippen LogP contribution in [0.2, 0.25) is 4.34 Å². The van der Waals surface area contributed by atoms with Gasteiger partial charge in [-0.05, 0) is 51.7 Å². The van der Waals surface area contributed by atoms with Crippen molar-refractivity contribution in [2.45, 2.75) is 6.42 Å². The van der Waals surface area contributed by atoms with Gasteiger partial charge in [0.05, 0.1) is 15.2 Å². The lowest BCUT2D eigenvalue weighted by molar-refractivity contribution is 0.414. The average molecular weight is 318 g/mol. The number of halogens is 2. The molecule has 0 bridgehead atoms. The minimum absolute atomic E-state index is 0.850. The maximum Gasteiger partial charge on any atom is 0.118 e. The van der Waals surface area contributed by atoms with Crippen molar-refractivity contribution in [3.8, 4) is 5.75 Å². The molecule has 16 heavy (non-hydrogen) atoms. The summed E-state index contributed by atoms with van der Waals surface area (Å²) >= 11 is 11.1. The SMILES string of the molecule is COc1ccc(Cc2cc(Br)sc2Cl)cc1. The first kappa shape index (κ1) is 12.0. The summed E-state index contributed by atoms with van der Waals surface area (Å²) in [6, 6.07) is 10.1. The van der Waals surface area contributed by atoms with Crippen LogP contribution in [0.5, 0.6) is 5.75 Å². The lowest BCUT2D eigenvalue weighted by Crippen LogP contribution is -1.87. The first-order valence-electron chi connectivity index (χ1n) is 4.75. The zero-order valence-electron chi connectivity index (χ0n) is 8.67. The fourth-order valence-electron chi connectivity index (χ4n) is 1.46. The van der Waals surface area contributed by atoms with Crippen LogP contribution >= 0.6 is 38.9 Å². The minimum Gasteiger partial charge on any atom is -0.497 e. The van der Waals surface area contributed by atoms with E-state index in [1.807, 2.05) is 12.1 Å². The topological polar surface area (TPSA) is 9.23 Å². The van der Waals surface area contributed by atoms with Crippen molar-refractivity contribution in [2.75, 3.05) is 7.11 Å². The highest BCUT2D eigenvalue weighted by Crippen LogP contribution is 2.32. The van der Waals surface area contributed by atoms with Crippen LogP contribution in [0.15, 0.2) is 34.1 Å². The van der Waals surface area contributed by atoms with Crippen LogP contribution in [0.3, 0.4) is 0 Å². The molecule has 0 aliphatic rings. The molecule has 84 valence electrons. The van der Waals surface area contributed by atoms with Crippen LogP contribution in [-0.4, -0.2) is 7.11 Å². The number of thiophene rings is 1. The van der Waals surface area contributed by atoms with E-state index in [2.05, 4.69) is 34.1 Å². The Kier molecular flexibility index (Phi) is 3.90. The predicted molar refractivity (Wildman–Crippen MR) is 72.8 cm³/mol. The molecule has 0 amide bonds. The third-order valence-electron chi connectivity index (χ3n) is 2.28. The smallest absolute Gasteiger partial charge is 0.118 e. The zero-order chi connectivity index (χ0) is 11.5. The highest BCUT2D eigenvalue weighted by atomic mass is 79.9. The molecule has 0 N–H and O–H groups in total. The van der Waals surface area contributed by atoms with Crippen LogP contribution in [0.4, 0.5) is 0 Å². The molecule has 4 heteroatoms. The van der Waals surface area contributed by atoms with Gasteiger partial charge >= 0.3 is 0 Å². The monoisotopic (exact) mass is 316 g/mol. The van der Waals surface area contributed by atoms with Crippen LogP contribution in [0.25, 0.3) is 0 Å². The number of benzene rings is 1. The second-order valence-electron chi connectivity index (χ2n) is 3.37. The van der Waals surface area contributed by atoms with Crippen molar-refractivity contribution in [3.63, 3.8) is 0 Å². The Balaban J connectivity index is 2.17.